The highest BCUT2D eigenvalue weighted by Crippen LogP contribution is 2.41. The van der Waals surface area contributed by atoms with Crippen molar-refractivity contribution in [1.82, 2.24) is 5.32 Å². The molecule has 0 atom stereocenters. The summed E-state index contributed by atoms with van der Waals surface area (Å²) >= 11 is 3.46. The summed E-state index contributed by atoms with van der Waals surface area (Å²) in [6, 6.07) is 3.81. The van der Waals surface area contributed by atoms with Gasteiger partial charge in [0, 0.05) is 19.2 Å². The molecule has 2 aliphatic rings. The highest BCUT2D eigenvalue weighted by atomic mass is 79.9. The van der Waals surface area contributed by atoms with Crippen molar-refractivity contribution in [3.05, 3.63) is 16.6 Å². The molecule has 1 saturated heterocycles. The van der Waals surface area contributed by atoms with Crippen molar-refractivity contribution in [3.63, 3.8) is 0 Å². The van der Waals surface area contributed by atoms with Crippen LogP contribution in [0.3, 0.4) is 0 Å². The van der Waals surface area contributed by atoms with Crippen LogP contribution in [0.4, 0.5) is 0 Å². The molecule has 0 unspecified atom stereocenters. The largest absolute Gasteiger partial charge is 0.488 e. The van der Waals surface area contributed by atoms with Crippen molar-refractivity contribution >= 4 is 15.9 Å². The summed E-state index contributed by atoms with van der Waals surface area (Å²) in [6.45, 7) is 3.00. The van der Waals surface area contributed by atoms with E-state index < -0.39 is 0 Å². The molecule has 86 valence electrons. The Hall–Kier alpha value is -0.940. The van der Waals surface area contributed by atoms with Crippen molar-refractivity contribution < 1.29 is 14.2 Å². The second-order valence-electron chi connectivity index (χ2n) is 3.83. The molecule has 5 heteroatoms. The number of nitrogens with one attached hydrogen (secondary N) is 1. The number of ether oxygens (including phenoxy) is 3. The van der Waals surface area contributed by atoms with Crippen LogP contribution in [0, 0.1) is 0 Å². The number of hydrogen-bond donors (Lipinski definition) is 1. The second kappa shape index (κ2) is 4.14. The number of fused-ring (bicyclic) bond motifs is 1. The van der Waals surface area contributed by atoms with E-state index in [-0.39, 0.29) is 6.10 Å². The Bertz CT molecular complexity index is 406. The first-order valence-electron chi connectivity index (χ1n) is 5.29. The zero-order valence-electron chi connectivity index (χ0n) is 8.66. The molecule has 0 saturated carbocycles. The van der Waals surface area contributed by atoms with Gasteiger partial charge in [-0.15, -0.1) is 0 Å². The van der Waals surface area contributed by atoms with Crippen LogP contribution in [-0.2, 0) is 0 Å². The first-order valence-corrected chi connectivity index (χ1v) is 6.09. The molecule has 1 N–H and O–H groups in total. The minimum absolute atomic E-state index is 0.273. The topological polar surface area (TPSA) is 39.7 Å². The fraction of sp³-hybridized carbons (Fsp3) is 0.455. The maximum atomic E-state index is 5.77. The van der Waals surface area contributed by atoms with Crippen molar-refractivity contribution in [2.75, 3.05) is 26.3 Å². The third-order valence-electron chi connectivity index (χ3n) is 2.62. The van der Waals surface area contributed by atoms with E-state index in [0.29, 0.717) is 13.2 Å². The molecule has 0 bridgehead atoms. The van der Waals surface area contributed by atoms with Crippen LogP contribution in [-0.4, -0.2) is 32.4 Å². The van der Waals surface area contributed by atoms with E-state index in [1.54, 1.807) is 0 Å². The summed E-state index contributed by atoms with van der Waals surface area (Å²) < 4.78 is 17.7. The fourth-order valence-electron chi connectivity index (χ4n) is 1.69. The van der Waals surface area contributed by atoms with Crippen molar-refractivity contribution in [3.8, 4) is 17.2 Å². The predicted molar refractivity (Wildman–Crippen MR) is 62.4 cm³/mol. The van der Waals surface area contributed by atoms with E-state index in [9.17, 15) is 0 Å². The maximum Gasteiger partial charge on any atom is 0.175 e. The maximum absolute atomic E-state index is 5.77. The lowest BCUT2D eigenvalue weighted by Gasteiger charge is -2.28. The predicted octanol–water partition coefficient (Wildman–Crippen LogP) is 1.57. The zero-order chi connectivity index (χ0) is 11.0. The molecule has 0 spiro atoms. The van der Waals surface area contributed by atoms with Crippen LogP contribution in [0.2, 0.25) is 0 Å². The molecule has 2 aliphatic heterocycles. The summed E-state index contributed by atoms with van der Waals surface area (Å²) in [5.74, 6) is 2.34. The van der Waals surface area contributed by atoms with Crippen LogP contribution in [0.15, 0.2) is 16.6 Å². The molecule has 0 aliphatic carbocycles. The van der Waals surface area contributed by atoms with Gasteiger partial charge in [0.15, 0.2) is 11.5 Å². The summed E-state index contributed by atoms with van der Waals surface area (Å²) in [5, 5.41) is 3.17. The van der Waals surface area contributed by atoms with Gasteiger partial charge in [0.05, 0.1) is 4.47 Å². The second-order valence-corrected chi connectivity index (χ2v) is 4.68. The number of halogens is 1. The fourth-order valence-corrected chi connectivity index (χ4v) is 2.23. The average Bonchev–Trinajstić information content (AvgIpc) is 2.24. The van der Waals surface area contributed by atoms with Gasteiger partial charge in [-0.1, -0.05) is 0 Å². The van der Waals surface area contributed by atoms with Crippen molar-refractivity contribution in [2.24, 2.45) is 0 Å². The zero-order valence-corrected chi connectivity index (χ0v) is 10.2. The van der Waals surface area contributed by atoms with E-state index in [2.05, 4.69) is 21.2 Å². The molecule has 2 heterocycles. The summed E-state index contributed by atoms with van der Waals surface area (Å²) in [4.78, 5) is 0. The van der Waals surface area contributed by atoms with Crippen LogP contribution in [0.25, 0.3) is 0 Å². The minimum Gasteiger partial charge on any atom is -0.488 e. The molecule has 16 heavy (non-hydrogen) atoms. The highest BCUT2D eigenvalue weighted by molar-refractivity contribution is 9.10. The number of hydrogen-bond acceptors (Lipinski definition) is 4. The van der Waals surface area contributed by atoms with Gasteiger partial charge in [0.2, 0.25) is 0 Å². The van der Waals surface area contributed by atoms with E-state index in [4.69, 9.17) is 14.2 Å². The third-order valence-corrected chi connectivity index (χ3v) is 3.21. The summed E-state index contributed by atoms with van der Waals surface area (Å²) in [6.07, 6.45) is 0.273. The number of benzene rings is 1. The van der Waals surface area contributed by atoms with Gasteiger partial charge in [0.1, 0.15) is 25.1 Å². The SMILES string of the molecule is Brc1cc(OC2CNC2)cc2c1OCCO2. The Morgan fingerprint density at radius 3 is 2.81 bits per heavy atom. The Labute approximate surface area is 102 Å². The molecule has 1 aromatic rings. The van der Waals surface area contributed by atoms with Gasteiger partial charge < -0.3 is 19.5 Å². The third kappa shape index (κ3) is 1.85. The molecule has 0 amide bonds. The minimum atomic E-state index is 0.273. The standard InChI is InChI=1S/C11H12BrNO3/c12-9-3-7(16-8-5-13-6-8)4-10-11(9)15-2-1-14-10/h3-4,8,13H,1-2,5-6H2. The van der Waals surface area contributed by atoms with Crippen molar-refractivity contribution in [1.29, 1.82) is 0 Å². The molecule has 0 radical (unpaired) electrons. The summed E-state index contributed by atoms with van der Waals surface area (Å²) in [7, 11) is 0. The first kappa shape index (κ1) is 10.2. The molecule has 4 nitrogen and oxygen atoms in total. The van der Waals surface area contributed by atoms with Crippen LogP contribution in [0.1, 0.15) is 0 Å². The van der Waals surface area contributed by atoms with Gasteiger partial charge in [-0.25, -0.2) is 0 Å². The van der Waals surface area contributed by atoms with Gasteiger partial charge in [0.25, 0.3) is 0 Å². The lowest BCUT2D eigenvalue weighted by Crippen LogP contribution is -2.50. The van der Waals surface area contributed by atoms with Gasteiger partial charge in [-0.05, 0) is 22.0 Å². The van der Waals surface area contributed by atoms with Gasteiger partial charge in [-0.2, -0.15) is 0 Å². The van der Waals surface area contributed by atoms with Gasteiger partial charge >= 0.3 is 0 Å². The molecular weight excluding hydrogens is 274 g/mol. The quantitative estimate of drug-likeness (QED) is 0.896. The smallest absolute Gasteiger partial charge is 0.175 e. The van der Waals surface area contributed by atoms with Crippen LogP contribution >= 0.6 is 15.9 Å². The Balaban J connectivity index is 1.85. The van der Waals surface area contributed by atoms with Gasteiger partial charge in [-0.3, -0.25) is 0 Å². The van der Waals surface area contributed by atoms with E-state index in [0.717, 1.165) is 34.8 Å². The van der Waals surface area contributed by atoms with E-state index in [1.165, 1.54) is 0 Å². The van der Waals surface area contributed by atoms with E-state index >= 15 is 0 Å². The Morgan fingerprint density at radius 1 is 1.25 bits per heavy atom. The molecule has 3 rings (SSSR count). The normalized spacial score (nSPS) is 19.1. The Kier molecular flexibility index (Phi) is 2.65. The van der Waals surface area contributed by atoms with E-state index in [1.807, 2.05) is 12.1 Å². The van der Waals surface area contributed by atoms with Crippen LogP contribution < -0.4 is 19.5 Å². The number of rotatable bonds is 2. The average molecular weight is 286 g/mol. The Morgan fingerprint density at radius 2 is 2.06 bits per heavy atom. The van der Waals surface area contributed by atoms with Crippen molar-refractivity contribution in [2.45, 2.75) is 6.10 Å². The first-order chi connectivity index (χ1) is 7.83. The highest BCUT2D eigenvalue weighted by Gasteiger charge is 2.21. The molecule has 1 aromatic carbocycles. The molecule has 1 fully saturated rings. The van der Waals surface area contributed by atoms with Crippen LogP contribution in [0.5, 0.6) is 17.2 Å². The molecule has 0 aromatic heterocycles. The monoisotopic (exact) mass is 285 g/mol. The lowest BCUT2D eigenvalue weighted by molar-refractivity contribution is 0.138. The molecular formula is C11H12BrNO3. The lowest BCUT2D eigenvalue weighted by atomic mass is 10.2. The summed E-state index contributed by atoms with van der Waals surface area (Å²) in [5.41, 5.74) is 0.